The molecule has 4 rings (SSSR count). The standard InChI is InChI=1S/C18H19BrN4O/c1-22-18(24)17(19)16(11-21-22)23-8-6-12(7-9-23)14-10-20-15-5-3-2-4-13(14)15/h2-5,10-12,20H,6-9H2,1H3. The summed E-state index contributed by atoms with van der Waals surface area (Å²) in [6, 6.07) is 8.47. The van der Waals surface area contributed by atoms with Crippen LogP contribution in [0.4, 0.5) is 5.69 Å². The first-order chi connectivity index (χ1) is 11.6. The van der Waals surface area contributed by atoms with E-state index in [-0.39, 0.29) is 5.56 Å². The summed E-state index contributed by atoms with van der Waals surface area (Å²) < 4.78 is 1.96. The fraction of sp³-hybridized carbons (Fsp3) is 0.333. The molecule has 124 valence electrons. The van der Waals surface area contributed by atoms with Crippen LogP contribution in [-0.4, -0.2) is 27.9 Å². The molecule has 0 bridgehead atoms. The third-order valence-corrected chi connectivity index (χ3v) is 5.70. The summed E-state index contributed by atoms with van der Waals surface area (Å²) >= 11 is 3.43. The van der Waals surface area contributed by atoms with Crippen molar-refractivity contribution in [3.63, 3.8) is 0 Å². The molecule has 1 N–H and O–H groups in total. The first kappa shape index (κ1) is 15.4. The predicted molar refractivity (Wildman–Crippen MR) is 99.7 cm³/mol. The van der Waals surface area contributed by atoms with Crippen molar-refractivity contribution < 1.29 is 0 Å². The highest BCUT2D eigenvalue weighted by Crippen LogP contribution is 2.35. The summed E-state index contributed by atoms with van der Waals surface area (Å²) in [5.41, 5.74) is 3.42. The summed E-state index contributed by atoms with van der Waals surface area (Å²) in [4.78, 5) is 17.7. The number of fused-ring (bicyclic) bond motifs is 1. The molecule has 0 radical (unpaired) electrons. The Kier molecular flexibility index (Phi) is 3.92. The highest BCUT2D eigenvalue weighted by molar-refractivity contribution is 9.10. The minimum atomic E-state index is -0.0914. The van der Waals surface area contributed by atoms with E-state index >= 15 is 0 Å². The summed E-state index contributed by atoms with van der Waals surface area (Å²) in [7, 11) is 1.67. The first-order valence-electron chi connectivity index (χ1n) is 8.18. The normalized spacial score (nSPS) is 16.0. The third-order valence-electron chi connectivity index (χ3n) is 4.96. The average molecular weight is 387 g/mol. The number of rotatable bonds is 2. The van der Waals surface area contributed by atoms with E-state index in [1.165, 1.54) is 21.1 Å². The Balaban J connectivity index is 1.55. The summed E-state index contributed by atoms with van der Waals surface area (Å²) in [5, 5.41) is 5.48. The quantitative estimate of drug-likeness (QED) is 0.733. The minimum absolute atomic E-state index is 0.0914. The lowest BCUT2D eigenvalue weighted by atomic mass is 9.89. The van der Waals surface area contributed by atoms with E-state index in [1.54, 1.807) is 13.2 Å². The Bertz CT molecular complexity index is 938. The van der Waals surface area contributed by atoms with E-state index in [4.69, 9.17) is 0 Å². The summed E-state index contributed by atoms with van der Waals surface area (Å²) in [5.74, 6) is 0.552. The topological polar surface area (TPSA) is 53.9 Å². The van der Waals surface area contributed by atoms with Gasteiger partial charge in [-0.25, -0.2) is 4.68 Å². The Morgan fingerprint density at radius 3 is 2.79 bits per heavy atom. The number of aromatic nitrogens is 3. The fourth-order valence-electron chi connectivity index (χ4n) is 3.59. The van der Waals surface area contributed by atoms with Crippen LogP contribution in [0.15, 0.2) is 45.9 Å². The van der Waals surface area contributed by atoms with Crippen LogP contribution < -0.4 is 10.5 Å². The van der Waals surface area contributed by atoms with Gasteiger partial charge in [0.15, 0.2) is 0 Å². The molecule has 1 aliphatic rings. The number of benzene rings is 1. The molecule has 1 aliphatic heterocycles. The molecule has 5 nitrogen and oxygen atoms in total. The molecule has 0 unspecified atom stereocenters. The molecule has 3 heterocycles. The molecule has 0 amide bonds. The fourth-order valence-corrected chi connectivity index (χ4v) is 4.20. The number of halogens is 1. The molecular formula is C18H19BrN4O. The molecule has 0 atom stereocenters. The van der Waals surface area contributed by atoms with E-state index in [0.717, 1.165) is 31.6 Å². The zero-order valence-electron chi connectivity index (χ0n) is 13.5. The van der Waals surface area contributed by atoms with Gasteiger partial charge in [-0.2, -0.15) is 5.10 Å². The molecule has 2 aromatic heterocycles. The Morgan fingerprint density at radius 1 is 1.25 bits per heavy atom. The van der Waals surface area contributed by atoms with Crippen molar-refractivity contribution in [3.8, 4) is 0 Å². The predicted octanol–water partition coefficient (Wildman–Crippen LogP) is 3.41. The van der Waals surface area contributed by atoms with Crippen LogP contribution in [0, 0.1) is 0 Å². The number of aryl methyl sites for hydroxylation is 1. The number of aromatic amines is 1. The SMILES string of the molecule is Cn1ncc(N2CCC(c3c[nH]c4ccccc34)CC2)c(Br)c1=O. The van der Waals surface area contributed by atoms with E-state index in [9.17, 15) is 4.79 Å². The number of anilines is 1. The maximum atomic E-state index is 12.1. The van der Waals surface area contributed by atoms with E-state index < -0.39 is 0 Å². The van der Waals surface area contributed by atoms with Gasteiger partial charge in [-0.15, -0.1) is 0 Å². The van der Waals surface area contributed by atoms with Crippen LogP contribution in [0.3, 0.4) is 0 Å². The minimum Gasteiger partial charge on any atom is -0.369 e. The first-order valence-corrected chi connectivity index (χ1v) is 8.97. The van der Waals surface area contributed by atoms with Gasteiger partial charge in [0.05, 0.1) is 11.9 Å². The van der Waals surface area contributed by atoms with Gasteiger partial charge in [0.25, 0.3) is 5.56 Å². The molecule has 1 aromatic carbocycles. The number of piperidine rings is 1. The molecule has 0 saturated carbocycles. The zero-order valence-corrected chi connectivity index (χ0v) is 15.1. The second-order valence-corrected chi connectivity index (χ2v) is 7.12. The molecule has 24 heavy (non-hydrogen) atoms. The van der Waals surface area contributed by atoms with Crippen molar-refractivity contribution in [2.45, 2.75) is 18.8 Å². The lowest BCUT2D eigenvalue weighted by Gasteiger charge is -2.33. The highest BCUT2D eigenvalue weighted by atomic mass is 79.9. The zero-order chi connectivity index (χ0) is 16.7. The van der Waals surface area contributed by atoms with E-state index in [1.807, 2.05) is 0 Å². The molecule has 0 aliphatic carbocycles. The summed E-state index contributed by atoms with van der Waals surface area (Å²) in [6.45, 7) is 1.86. The van der Waals surface area contributed by atoms with Crippen molar-refractivity contribution in [2.75, 3.05) is 18.0 Å². The Labute approximate surface area is 148 Å². The van der Waals surface area contributed by atoms with Crippen molar-refractivity contribution in [1.82, 2.24) is 14.8 Å². The van der Waals surface area contributed by atoms with Crippen molar-refractivity contribution in [2.24, 2.45) is 7.05 Å². The van der Waals surface area contributed by atoms with Crippen molar-refractivity contribution >= 4 is 32.5 Å². The monoisotopic (exact) mass is 386 g/mol. The summed E-state index contributed by atoms with van der Waals surface area (Å²) in [6.07, 6.45) is 6.07. The lowest BCUT2D eigenvalue weighted by Crippen LogP contribution is -2.35. The smallest absolute Gasteiger partial charge is 0.282 e. The van der Waals surface area contributed by atoms with Crippen LogP contribution in [0.25, 0.3) is 10.9 Å². The second-order valence-electron chi connectivity index (χ2n) is 6.32. The van der Waals surface area contributed by atoms with Gasteiger partial charge >= 0.3 is 0 Å². The molecule has 0 spiro atoms. The maximum absolute atomic E-state index is 12.1. The van der Waals surface area contributed by atoms with Crippen LogP contribution in [0.1, 0.15) is 24.3 Å². The van der Waals surface area contributed by atoms with E-state index in [2.05, 4.69) is 61.4 Å². The third kappa shape index (κ3) is 2.55. The van der Waals surface area contributed by atoms with Gasteiger partial charge in [0, 0.05) is 37.2 Å². The number of nitrogens with zero attached hydrogens (tertiary/aromatic N) is 3. The van der Waals surface area contributed by atoms with Gasteiger partial charge in [-0.1, -0.05) is 18.2 Å². The highest BCUT2D eigenvalue weighted by Gasteiger charge is 2.24. The number of hydrogen-bond donors (Lipinski definition) is 1. The number of hydrogen-bond acceptors (Lipinski definition) is 3. The number of nitrogens with one attached hydrogen (secondary N) is 1. The van der Waals surface area contributed by atoms with Crippen molar-refractivity contribution in [1.29, 1.82) is 0 Å². The van der Waals surface area contributed by atoms with Crippen LogP contribution in [-0.2, 0) is 7.05 Å². The van der Waals surface area contributed by atoms with Crippen molar-refractivity contribution in [3.05, 3.63) is 57.0 Å². The van der Waals surface area contributed by atoms with Crippen LogP contribution >= 0.6 is 15.9 Å². The molecule has 1 saturated heterocycles. The molecule has 1 fully saturated rings. The molecule has 6 heteroatoms. The van der Waals surface area contributed by atoms with Gasteiger partial charge in [0.1, 0.15) is 4.47 Å². The van der Waals surface area contributed by atoms with Crippen LogP contribution in [0.5, 0.6) is 0 Å². The maximum Gasteiger partial charge on any atom is 0.282 e. The lowest BCUT2D eigenvalue weighted by molar-refractivity contribution is 0.505. The van der Waals surface area contributed by atoms with Gasteiger partial charge < -0.3 is 9.88 Å². The molecule has 3 aromatic rings. The average Bonchev–Trinajstić information content (AvgIpc) is 3.04. The Morgan fingerprint density at radius 2 is 2.00 bits per heavy atom. The van der Waals surface area contributed by atoms with E-state index in [0.29, 0.717) is 10.4 Å². The van der Waals surface area contributed by atoms with Gasteiger partial charge in [-0.3, -0.25) is 4.79 Å². The second kappa shape index (κ2) is 6.09. The van der Waals surface area contributed by atoms with Crippen LogP contribution in [0.2, 0.25) is 0 Å². The molecular weight excluding hydrogens is 368 g/mol. The Hall–Kier alpha value is -2.08. The number of H-pyrrole nitrogens is 1. The van der Waals surface area contributed by atoms with Gasteiger partial charge in [-0.05, 0) is 46.3 Å². The van der Waals surface area contributed by atoms with Gasteiger partial charge in [0.2, 0.25) is 0 Å². The largest absolute Gasteiger partial charge is 0.369 e. The number of para-hydroxylation sites is 1.